The van der Waals surface area contributed by atoms with Crippen LogP contribution < -0.4 is 18.9 Å². The van der Waals surface area contributed by atoms with Gasteiger partial charge >= 0.3 is 23.9 Å². The molecular weight excluding hydrogens is 588 g/mol. The van der Waals surface area contributed by atoms with Gasteiger partial charge in [0.15, 0.2) is 0 Å². The van der Waals surface area contributed by atoms with Gasteiger partial charge in [0, 0.05) is 0 Å². The molecule has 3 atom stereocenters. The molecule has 0 heterocycles. The smallest absolute Gasteiger partial charge is 0.343 e. The van der Waals surface area contributed by atoms with Gasteiger partial charge in [0.2, 0.25) is 0 Å². The second kappa shape index (κ2) is 16.6. The van der Waals surface area contributed by atoms with Crippen molar-refractivity contribution in [3.63, 3.8) is 0 Å². The van der Waals surface area contributed by atoms with Crippen LogP contribution in [0.4, 0.5) is 0 Å². The first kappa shape index (κ1) is 34.2. The van der Waals surface area contributed by atoms with E-state index < -0.39 is 23.9 Å². The summed E-state index contributed by atoms with van der Waals surface area (Å²) < 4.78 is 27.4. The lowest BCUT2D eigenvalue weighted by atomic mass is 9.75. The molecule has 0 bridgehead atoms. The summed E-state index contributed by atoms with van der Waals surface area (Å²) in [5.74, 6) is 0.632. The minimum atomic E-state index is -0.618. The lowest BCUT2D eigenvalue weighted by molar-refractivity contribution is -0.157. The predicted molar refractivity (Wildman–Crippen MR) is 171 cm³/mol. The number of esters is 4. The number of hydrogen-bond donors (Lipinski definition) is 0. The van der Waals surface area contributed by atoms with Crippen LogP contribution in [0.1, 0.15) is 86.9 Å². The molecule has 4 rings (SSSR count). The van der Waals surface area contributed by atoms with Crippen molar-refractivity contribution in [3.8, 4) is 23.0 Å². The van der Waals surface area contributed by atoms with Crippen LogP contribution in [0.25, 0.3) is 0 Å². The van der Waals surface area contributed by atoms with Crippen molar-refractivity contribution in [2.45, 2.75) is 72.3 Å². The van der Waals surface area contributed by atoms with E-state index in [0.29, 0.717) is 41.4 Å². The molecule has 0 N–H and O–H groups in total. The van der Waals surface area contributed by atoms with Crippen molar-refractivity contribution in [3.05, 3.63) is 83.9 Å². The quantitative estimate of drug-likeness (QED) is 0.139. The van der Waals surface area contributed by atoms with Crippen LogP contribution in [0.5, 0.6) is 23.0 Å². The van der Waals surface area contributed by atoms with Crippen molar-refractivity contribution < 1.29 is 42.9 Å². The summed E-state index contributed by atoms with van der Waals surface area (Å²) in [6, 6.07) is 18.7. The highest BCUT2D eigenvalue weighted by Gasteiger charge is 2.33. The van der Waals surface area contributed by atoms with Crippen molar-refractivity contribution in [1.82, 2.24) is 0 Å². The zero-order valence-corrected chi connectivity index (χ0v) is 26.9. The summed E-state index contributed by atoms with van der Waals surface area (Å²) in [7, 11) is 0. The van der Waals surface area contributed by atoms with Gasteiger partial charge in [-0.3, -0.25) is 9.59 Å². The van der Waals surface area contributed by atoms with Crippen LogP contribution in [0, 0.1) is 17.8 Å². The number of ether oxygens (including phenoxy) is 5. The number of carbonyl (C=O) groups is 4. The maximum absolute atomic E-state index is 12.6. The van der Waals surface area contributed by atoms with Gasteiger partial charge in [-0.25, -0.2) is 9.59 Å². The molecule has 0 radical (unpaired) electrons. The first-order chi connectivity index (χ1) is 22.1. The minimum Gasteiger partial charge on any atom is -0.494 e. The van der Waals surface area contributed by atoms with Crippen LogP contribution in [0.15, 0.2) is 72.8 Å². The fraction of sp³-hybridized carbons (Fsp3) is 0.405. The Morgan fingerprint density at radius 3 is 1.67 bits per heavy atom. The predicted octanol–water partition coefficient (Wildman–Crippen LogP) is 7.60. The lowest BCUT2D eigenvalue weighted by Gasteiger charge is -2.36. The molecule has 3 aromatic carbocycles. The Hall–Kier alpha value is -4.66. The van der Waals surface area contributed by atoms with E-state index in [1.165, 1.54) is 48.5 Å². The van der Waals surface area contributed by atoms with Crippen molar-refractivity contribution in [1.29, 1.82) is 0 Å². The number of rotatable bonds is 13. The number of benzene rings is 3. The normalized spacial score (nSPS) is 17.5. The first-order valence-electron chi connectivity index (χ1n) is 15.9. The van der Waals surface area contributed by atoms with E-state index in [9.17, 15) is 19.2 Å². The van der Waals surface area contributed by atoms with Gasteiger partial charge in [-0.2, -0.15) is 0 Å². The monoisotopic (exact) mass is 630 g/mol. The fourth-order valence-corrected chi connectivity index (χ4v) is 5.34. The third-order valence-electron chi connectivity index (χ3n) is 7.91. The summed E-state index contributed by atoms with van der Waals surface area (Å²) in [6.45, 7) is 9.08. The van der Waals surface area contributed by atoms with Gasteiger partial charge in [-0.05, 0) is 110 Å². The maximum Gasteiger partial charge on any atom is 0.343 e. The maximum atomic E-state index is 12.6. The highest BCUT2D eigenvalue weighted by atomic mass is 16.6. The van der Waals surface area contributed by atoms with Crippen molar-refractivity contribution >= 4 is 23.9 Å². The van der Waals surface area contributed by atoms with E-state index in [1.54, 1.807) is 24.3 Å². The Labute approximate surface area is 270 Å². The van der Waals surface area contributed by atoms with Crippen LogP contribution in [0.3, 0.4) is 0 Å². The van der Waals surface area contributed by atoms with Gasteiger partial charge in [0.25, 0.3) is 0 Å². The van der Waals surface area contributed by atoms with Crippen molar-refractivity contribution in [2.24, 2.45) is 17.8 Å². The molecule has 3 aromatic rings. The first-order valence-corrected chi connectivity index (χ1v) is 15.9. The molecule has 1 aliphatic rings. The number of carbonyl (C=O) groups excluding carboxylic acids is 4. The summed E-state index contributed by atoms with van der Waals surface area (Å²) >= 11 is 0. The lowest BCUT2D eigenvalue weighted by Crippen LogP contribution is -2.36. The Morgan fingerprint density at radius 1 is 0.674 bits per heavy atom. The second-order valence-electron chi connectivity index (χ2n) is 12.0. The molecule has 0 aromatic heterocycles. The van der Waals surface area contributed by atoms with Gasteiger partial charge in [-0.15, -0.1) is 0 Å². The topological polar surface area (TPSA) is 114 Å². The van der Waals surface area contributed by atoms with E-state index in [-0.39, 0.29) is 36.0 Å². The van der Waals surface area contributed by atoms with Gasteiger partial charge in [-0.1, -0.05) is 34.1 Å². The summed E-state index contributed by atoms with van der Waals surface area (Å²) in [5.41, 5.74) is 0.617. The largest absolute Gasteiger partial charge is 0.494 e. The molecule has 1 saturated carbocycles. The van der Waals surface area contributed by atoms with E-state index in [1.807, 2.05) is 6.92 Å². The SMILES string of the molecule is CCCOc1ccc(C(=O)Oc2ccc(OC(=O)c3ccc(OC(=O)CCC(=O)OC4CC(C)CCC4C(C)C)cc3)cc2)cc1. The van der Waals surface area contributed by atoms with E-state index in [0.717, 1.165) is 25.7 Å². The van der Waals surface area contributed by atoms with Gasteiger partial charge in [0.05, 0.1) is 30.6 Å². The third-order valence-corrected chi connectivity index (χ3v) is 7.91. The zero-order chi connectivity index (χ0) is 33.1. The van der Waals surface area contributed by atoms with Crippen LogP contribution in [-0.4, -0.2) is 36.6 Å². The molecular formula is C37H42O9. The minimum absolute atomic E-state index is 0.0570. The summed E-state index contributed by atoms with van der Waals surface area (Å²) in [6.07, 6.45) is 3.63. The molecule has 9 nitrogen and oxygen atoms in total. The highest BCUT2D eigenvalue weighted by molar-refractivity contribution is 5.92. The molecule has 244 valence electrons. The highest BCUT2D eigenvalue weighted by Crippen LogP contribution is 2.35. The van der Waals surface area contributed by atoms with Gasteiger partial charge in [0.1, 0.15) is 29.1 Å². The summed E-state index contributed by atoms with van der Waals surface area (Å²) in [5, 5.41) is 0. The van der Waals surface area contributed by atoms with E-state index >= 15 is 0 Å². The molecule has 46 heavy (non-hydrogen) atoms. The molecule has 0 saturated heterocycles. The molecule has 1 aliphatic carbocycles. The average Bonchev–Trinajstić information content (AvgIpc) is 3.04. The molecule has 0 spiro atoms. The molecule has 1 fully saturated rings. The van der Waals surface area contributed by atoms with Crippen LogP contribution in [-0.2, 0) is 14.3 Å². The standard InChI is InChI=1S/C37H42O9/c1-5-22-42-28-11-7-26(8-12-28)36(40)44-30-15-17-31(18-16-30)45-37(41)27-9-13-29(14-10-27)43-34(38)20-21-35(39)46-33-23-25(4)6-19-32(33)24(2)3/h7-18,24-25,32-33H,5-6,19-23H2,1-4H3. The third kappa shape index (κ3) is 10.2. The molecule has 9 heteroatoms. The number of hydrogen-bond acceptors (Lipinski definition) is 9. The molecule has 0 aliphatic heterocycles. The van der Waals surface area contributed by atoms with Gasteiger partial charge < -0.3 is 23.7 Å². The van der Waals surface area contributed by atoms with Crippen LogP contribution in [0.2, 0.25) is 0 Å². The average molecular weight is 631 g/mol. The van der Waals surface area contributed by atoms with Crippen molar-refractivity contribution in [2.75, 3.05) is 6.61 Å². The van der Waals surface area contributed by atoms with E-state index in [2.05, 4.69) is 20.8 Å². The zero-order valence-electron chi connectivity index (χ0n) is 26.9. The Kier molecular flexibility index (Phi) is 12.3. The molecule has 0 amide bonds. The van der Waals surface area contributed by atoms with E-state index in [4.69, 9.17) is 23.7 Å². The van der Waals surface area contributed by atoms with Crippen LogP contribution >= 0.6 is 0 Å². The second-order valence-corrected chi connectivity index (χ2v) is 12.0. The Bertz CT molecular complexity index is 1460. The molecule has 3 unspecified atom stereocenters. The summed E-state index contributed by atoms with van der Waals surface area (Å²) in [4.78, 5) is 49.9. The fourth-order valence-electron chi connectivity index (χ4n) is 5.34. The Morgan fingerprint density at radius 2 is 1.15 bits per heavy atom. The Balaban J connectivity index is 1.20.